The van der Waals surface area contributed by atoms with Gasteiger partial charge in [-0.2, -0.15) is 0 Å². The molecule has 0 saturated carbocycles. The van der Waals surface area contributed by atoms with Gasteiger partial charge in [-0.05, 0) is 35.0 Å². The van der Waals surface area contributed by atoms with Crippen molar-refractivity contribution in [2.45, 2.75) is 25.8 Å². The van der Waals surface area contributed by atoms with Crippen molar-refractivity contribution >= 4 is 51.7 Å². The Morgan fingerprint density at radius 2 is 1.78 bits per heavy atom. The van der Waals surface area contributed by atoms with E-state index in [1.54, 1.807) is 43.3 Å². The van der Waals surface area contributed by atoms with Gasteiger partial charge >= 0.3 is 0 Å². The van der Waals surface area contributed by atoms with Crippen molar-refractivity contribution in [1.82, 2.24) is 10.4 Å². The minimum Gasteiger partial charge on any atom is -0.274 e. The third-order valence-electron chi connectivity index (χ3n) is 5.33. The van der Waals surface area contributed by atoms with Gasteiger partial charge in [-0.3, -0.25) is 24.6 Å². The molecule has 1 N–H and O–H groups in total. The second-order valence-electron chi connectivity index (χ2n) is 7.35. The van der Waals surface area contributed by atoms with E-state index in [9.17, 15) is 19.2 Å². The van der Waals surface area contributed by atoms with Gasteiger partial charge in [-0.1, -0.05) is 61.0 Å². The summed E-state index contributed by atoms with van der Waals surface area (Å²) in [4.78, 5) is 52.6. The minimum absolute atomic E-state index is 0.0466. The molecule has 4 amide bonds. The summed E-state index contributed by atoms with van der Waals surface area (Å²) in [6.45, 7) is 1.62. The van der Waals surface area contributed by atoms with Crippen molar-refractivity contribution in [3.8, 4) is 0 Å². The number of hydrogen-bond acceptors (Lipinski definition) is 4. The SMILES string of the molecule is CCC(=O)N(NC(=O)c1cccc2ccccc12)C1CC(=O)N(c2cccc(Cl)c2)C1=O. The third-order valence-corrected chi connectivity index (χ3v) is 5.56. The summed E-state index contributed by atoms with van der Waals surface area (Å²) >= 11 is 6.00. The van der Waals surface area contributed by atoms with Crippen LogP contribution >= 0.6 is 11.6 Å². The van der Waals surface area contributed by atoms with E-state index in [0.717, 1.165) is 15.3 Å². The van der Waals surface area contributed by atoms with E-state index in [1.807, 2.05) is 24.3 Å². The van der Waals surface area contributed by atoms with Crippen LogP contribution in [0.1, 0.15) is 30.1 Å². The molecule has 0 aromatic heterocycles. The Morgan fingerprint density at radius 1 is 1.06 bits per heavy atom. The molecule has 0 aliphatic carbocycles. The van der Waals surface area contributed by atoms with Crippen LogP contribution in [0, 0.1) is 0 Å². The predicted octanol–water partition coefficient (Wildman–Crippen LogP) is 3.71. The van der Waals surface area contributed by atoms with Gasteiger partial charge in [0, 0.05) is 17.0 Å². The maximum Gasteiger partial charge on any atom is 0.270 e. The third kappa shape index (κ3) is 3.94. The van der Waals surface area contributed by atoms with Crippen LogP contribution in [0.5, 0.6) is 0 Å². The Labute approximate surface area is 189 Å². The standard InChI is InChI=1S/C24H20ClN3O4/c1-2-21(29)28(26-23(31)19-12-5-8-15-7-3-4-11-18(15)19)20-14-22(30)27(24(20)32)17-10-6-9-16(25)13-17/h3-13,20H,2,14H2,1H3,(H,26,31). The monoisotopic (exact) mass is 449 g/mol. The number of nitrogens with one attached hydrogen (secondary N) is 1. The van der Waals surface area contributed by atoms with Gasteiger partial charge in [0.05, 0.1) is 12.1 Å². The molecule has 7 nitrogen and oxygen atoms in total. The van der Waals surface area contributed by atoms with Gasteiger partial charge in [0.1, 0.15) is 6.04 Å². The van der Waals surface area contributed by atoms with Gasteiger partial charge < -0.3 is 0 Å². The van der Waals surface area contributed by atoms with Crippen LogP contribution in [0.15, 0.2) is 66.7 Å². The van der Waals surface area contributed by atoms with Crippen molar-refractivity contribution in [3.05, 3.63) is 77.3 Å². The first-order valence-corrected chi connectivity index (χ1v) is 10.5. The van der Waals surface area contributed by atoms with Crippen molar-refractivity contribution in [2.75, 3.05) is 4.90 Å². The number of nitrogens with zero attached hydrogens (tertiary/aromatic N) is 2. The zero-order chi connectivity index (χ0) is 22.8. The van der Waals surface area contributed by atoms with Crippen LogP contribution in [0.25, 0.3) is 10.8 Å². The van der Waals surface area contributed by atoms with E-state index >= 15 is 0 Å². The lowest BCUT2D eigenvalue weighted by atomic mass is 10.0. The summed E-state index contributed by atoms with van der Waals surface area (Å²) in [6, 6.07) is 17.8. The molecule has 1 aliphatic heterocycles. The van der Waals surface area contributed by atoms with Crippen LogP contribution in [-0.2, 0) is 14.4 Å². The Balaban J connectivity index is 1.64. The summed E-state index contributed by atoms with van der Waals surface area (Å²) in [5.41, 5.74) is 3.25. The van der Waals surface area contributed by atoms with Crippen LogP contribution in [0.4, 0.5) is 5.69 Å². The van der Waals surface area contributed by atoms with E-state index in [0.29, 0.717) is 21.7 Å². The quantitative estimate of drug-likeness (QED) is 0.486. The van der Waals surface area contributed by atoms with Crippen LogP contribution in [0.3, 0.4) is 0 Å². The summed E-state index contributed by atoms with van der Waals surface area (Å²) in [5, 5.41) is 2.94. The maximum absolute atomic E-state index is 13.1. The molecule has 32 heavy (non-hydrogen) atoms. The summed E-state index contributed by atoms with van der Waals surface area (Å²) in [6.07, 6.45) is -0.197. The van der Waals surface area contributed by atoms with Crippen LogP contribution in [0.2, 0.25) is 5.02 Å². The lowest BCUT2D eigenvalue weighted by Crippen LogP contribution is -2.54. The molecule has 1 heterocycles. The number of imide groups is 1. The molecular formula is C24H20ClN3O4. The Morgan fingerprint density at radius 3 is 2.53 bits per heavy atom. The molecule has 3 aromatic carbocycles. The number of hydrazine groups is 1. The molecule has 0 bridgehead atoms. The zero-order valence-electron chi connectivity index (χ0n) is 17.2. The Bertz CT molecular complexity index is 1240. The molecule has 162 valence electrons. The number of fused-ring (bicyclic) bond motifs is 1. The number of rotatable bonds is 4. The molecule has 3 aromatic rings. The normalized spacial score (nSPS) is 15.8. The van der Waals surface area contributed by atoms with Crippen molar-refractivity contribution in [2.24, 2.45) is 0 Å². The summed E-state index contributed by atoms with van der Waals surface area (Å²) in [7, 11) is 0. The number of amides is 4. The molecular weight excluding hydrogens is 430 g/mol. The second-order valence-corrected chi connectivity index (χ2v) is 7.79. The van der Waals surface area contributed by atoms with Gasteiger partial charge in [0.15, 0.2) is 0 Å². The summed E-state index contributed by atoms with van der Waals surface area (Å²) in [5.74, 6) is -2.09. The number of anilines is 1. The number of carbonyl (C=O) groups excluding carboxylic acids is 4. The molecule has 0 spiro atoms. The fraction of sp³-hybridized carbons (Fsp3) is 0.167. The zero-order valence-corrected chi connectivity index (χ0v) is 18.0. The highest BCUT2D eigenvalue weighted by atomic mass is 35.5. The van der Waals surface area contributed by atoms with Gasteiger partial charge in [-0.15, -0.1) is 0 Å². The van der Waals surface area contributed by atoms with Gasteiger partial charge in [-0.25, -0.2) is 9.91 Å². The first-order valence-electron chi connectivity index (χ1n) is 10.1. The van der Waals surface area contributed by atoms with E-state index < -0.39 is 29.7 Å². The van der Waals surface area contributed by atoms with Crippen molar-refractivity contribution in [3.63, 3.8) is 0 Å². The van der Waals surface area contributed by atoms with Crippen LogP contribution < -0.4 is 10.3 Å². The molecule has 1 unspecified atom stereocenters. The Kier molecular flexibility index (Phi) is 5.92. The molecule has 0 radical (unpaired) electrons. The van der Waals surface area contributed by atoms with E-state index in [4.69, 9.17) is 11.6 Å². The lowest BCUT2D eigenvalue weighted by molar-refractivity contribution is -0.140. The van der Waals surface area contributed by atoms with E-state index in [1.165, 1.54) is 6.07 Å². The van der Waals surface area contributed by atoms with Gasteiger partial charge in [0.25, 0.3) is 11.8 Å². The van der Waals surface area contributed by atoms with Gasteiger partial charge in [0.2, 0.25) is 11.8 Å². The number of carbonyl (C=O) groups is 4. The molecule has 1 aliphatic rings. The number of benzene rings is 3. The summed E-state index contributed by atoms with van der Waals surface area (Å²) < 4.78 is 0. The highest BCUT2D eigenvalue weighted by Crippen LogP contribution is 2.28. The van der Waals surface area contributed by atoms with E-state index in [-0.39, 0.29) is 12.8 Å². The maximum atomic E-state index is 13.1. The molecule has 1 saturated heterocycles. The average Bonchev–Trinajstić information content (AvgIpc) is 3.09. The molecule has 8 heteroatoms. The highest BCUT2D eigenvalue weighted by Gasteiger charge is 2.45. The number of hydrogen-bond donors (Lipinski definition) is 1. The minimum atomic E-state index is -1.15. The fourth-order valence-corrected chi connectivity index (χ4v) is 3.97. The van der Waals surface area contributed by atoms with Crippen molar-refractivity contribution in [1.29, 1.82) is 0 Å². The first-order chi connectivity index (χ1) is 15.4. The molecule has 1 atom stereocenters. The Hall–Kier alpha value is -3.71. The highest BCUT2D eigenvalue weighted by molar-refractivity contribution is 6.31. The predicted molar refractivity (Wildman–Crippen MR) is 121 cm³/mol. The largest absolute Gasteiger partial charge is 0.274 e. The first kappa shape index (κ1) is 21.5. The fourth-order valence-electron chi connectivity index (χ4n) is 3.78. The second kappa shape index (κ2) is 8.80. The molecule has 1 fully saturated rings. The lowest BCUT2D eigenvalue weighted by Gasteiger charge is -2.27. The molecule has 4 rings (SSSR count). The van der Waals surface area contributed by atoms with Crippen LogP contribution in [-0.4, -0.2) is 34.7 Å². The topological polar surface area (TPSA) is 86.8 Å². The number of halogens is 1. The van der Waals surface area contributed by atoms with Crippen molar-refractivity contribution < 1.29 is 19.2 Å². The average molecular weight is 450 g/mol. The van der Waals surface area contributed by atoms with E-state index in [2.05, 4.69) is 5.43 Å². The smallest absolute Gasteiger partial charge is 0.270 e.